The summed E-state index contributed by atoms with van der Waals surface area (Å²) in [7, 11) is 0. The molecule has 112 valence electrons. The summed E-state index contributed by atoms with van der Waals surface area (Å²) in [6, 6.07) is 3.87. The Bertz CT molecular complexity index is 593. The van der Waals surface area contributed by atoms with E-state index in [-0.39, 0.29) is 11.4 Å². The number of pyridine rings is 1. The number of hydrogen-bond donors (Lipinski definition) is 0. The predicted octanol–water partition coefficient (Wildman–Crippen LogP) is 2.91. The van der Waals surface area contributed by atoms with Crippen LogP contribution in [0.2, 0.25) is 0 Å². The van der Waals surface area contributed by atoms with Gasteiger partial charge in [0.2, 0.25) is 0 Å². The maximum absolute atomic E-state index is 11.9. The molecule has 0 radical (unpaired) electrons. The molecule has 4 heteroatoms. The van der Waals surface area contributed by atoms with Crippen LogP contribution in [0.4, 0.5) is 5.82 Å². The lowest BCUT2D eigenvalue weighted by atomic mass is 9.93. The van der Waals surface area contributed by atoms with Crippen LogP contribution in [-0.4, -0.2) is 30.5 Å². The van der Waals surface area contributed by atoms with Crippen molar-refractivity contribution in [2.45, 2.75) is 45.1 Å². The summed E-state index contributed by atoms with van der Waals surface area (Å²) in [5, 5.41) is 0. The smallest absolute Gasteiger partial charge is 0.163 e. The van der Waals surface area contributed by atoms with Gasteiger partial charge in [0.15, 0.2) is 5.78 Å². The van der Waals surface area contributed by atoms with Gasteiger partial charge in [0.05, 0.1) is 17.9 Å². The Labute approximate surface area is 125 Å². The van der Waals surface area contributed by atoms with Gasteiger partial charge < -0.3 is 9.64 Å². The third kappa shape index (κ3) is 2.26. The van der Waals surface area contributed by atoms with Crippen LogP contribution in [0.15, 0.2) is 12.1 Å². The number of aromatic nitrogens is 1. The number of anilines is 1. The number of carbonyl (C=O) groups is 1. The lowest BCUT2D eigenvalue weighted by Gasteiger charge is -2.34. The van der Waals surface area contributed by atoms with Gasteiger partial charge in [-0.15, -0.1) is 0 Å². The highest BCUT2D eigenvalue weighted by Crippen LogP contribution is 2.54. The third-order valence-electron chi connectivity index (χ3n) is 5.45. The minimum atomic E-state index is -0.239. The Hall–Kier alpha value is -1.42. The van der Waals surface area contributed by atoms with Crippen LogP contribution in [0.1, 0.15) is 55.6 Å². The van der Waals surface area contributed by atoms with E-state index >= 15 is 0 Å². The fourth-order valence-electron chi connectivity index (χ4n) is 3.38. The largest absolute Gasteiger partial charge is 0.363 e. The molecule has 1 unspecified atom stereocenters. The monoisotopic (exact) mass is 286 g/mol. The highest BCUT2D eigenvalue weighted by molar-refractivity contribution is 5.98. The van der Waals surface area contributed by atoms with Crippen molar-refractivity contribution in [1.29, 1.82) is 0 Å². The molecule has 1 aromatic rings. The fourth-order valence-corrected chi connectivity index (χ4v) is 3.38. The van der Waals surface area contributed by atoms with Crippen LogP contribution in [0.3, 0.4) is 0 Å². The van der Waals surface area contributed by atoms with E-state index in [1.54, 1.807) is 6.92 Å². The number of rotatable bonds is 3. The number of nitrogens with zero attached hydrogens (tertiary/aromatic N) is 2. The minimum Gasteiger partial charge on any atom is -0.363 e. The molecular formula is C17H22N2O2. The van der Waals surface area contributed by atoms with Gasteiger partial charge in [-0.1, -0.05) is 0 Å². The molecule has 3 fully saturated rings. The van der Waals surface area contributed by atoms with E-state index in [2.05, 4.69) is 11.8 Å². The van der Waals surface area contributed by atoms with Gasteiger partial charge in [0.25, 0.3) is 0 Å². The summed E-state index contributed by atoms with van der Waals surface area (Å²) < 4.78 is 5.50. The molecule has 4 nitrogen and oxygen atoms in total. The lowest BCUT2D eigenvalue weighted by Crippen LogP contribution is -2.36. The summed E-state index contributed by atoms with van der Waals surface area (Å²) in [6.45, 7) is 6.45. The zero-order valence-electron chi connectivity index (χ0n) is 12.8. The molecule has 1 aliphatic carbocycles. The van der Waals surface area contributed by atoms with Crippen LogP contribution in [0.25, 0.3) is 0 Å². The molecule has 1 atom stereocenters. The Morgan fingerprint density at radius 2 is 1.90 bits per heavy atom. The number of Topliss-reactive ketones (excluding diaryl/α,β-unsaturated/α-hetero) is 1. The van der Waals surface area contributed by atoms with Crippen molar-refractivity contribution in [3.63, 3.8) is 0 Å². The van der Waals surface area contributed by atoms with Gasteiger partial charge in [0.1, 0.15) is 11.4 Å². The van der Waals surface area contributed by atoms with Crippen LogP contribution in [0.5, 0.6) is 0 Å². The van der Waals surface area contributed by atoms with Gasteiger partial charge in [-0.3, -0.25) is 4.79 Å². The van der Waals surface area contributed by atoms with Crippen LogP contribution >= 0.6 is 0 Å². The second-order valence-electron chi connectivity index (χ2n) is 7.13. The zero-order chi connectivity index (χ0) is 14.7. The topological polar surface area (TPSA) is 45.7 Å². The van der Waals surface area contributed by atoms with Crippen LogP contribution in [-0.2, 0) is 10.3 Å². The van der Waals surface area contributed by atoms with Crippen molar-refractivity contribution in [1.82, 2.24) is 4.98 Å². The first kappa shape index (κ1) is 13.3. The molecule has 4 rings (SSSR count). The van der Waals surface area contributed by atoms with Crippen molar-refractivity contribution < 1.29 is 9.53 Å². The first-order valence-electron chi connectivity index (χ1n) is 7.93. The maximum Gasteiger partial charge on any atom is 0.163 e. The Morgan fingerprint density at radius 3 is 2.43 bits per heavy atom. The average Bonchev–Trinajstić information content (AvgIpc) is 3.40. The standard InChI is InChI=1S/C17H22N2O2/c1-12(20)13-3-4-14(16(2)11-21-16)18-15(13)19-9-7-17(5-6-17)8-10-19/h3-4H,5-11H2,1-2H3. The molecule has 2 aliphatic heterocycles. The van der Waals surface area contributed by atoms with Crippen molar-refractivity contribution >= 4 is 11.6 Å². The average molecular weight is 286 g/mol. The van der Waals surface area contributed by atoms with E-state index in [0.29, 0.717) is 5.41 Å². The Balaban J connectivity index is 1.66. The quantitative estimate of drug-likeness (QED) is 0.633. The van der Waals surface area contributed by atoms with E-state index in [1.165, 1.54) is 25.7 Å². The normalized spacial score (nSPS) is 29.5. The van der Waals surface area contributed by atoms with Crippen molar-refractivity contribution in [3.05, 3.63) is 23.4 Å². The minimum absolute atomic E-state index is 0.0950. The number of piperidine rings is 1. The Kier molecular flexibility index (Phi) is 2.71. The van der Waals surface area contributed by atoms with Gasteiger partial charge in [-0.05, 0) is 57.1 Å². The molecule has 3 heterocycles. The molecule has 0 N–H and O–H groups in total. The second-order valence-corrected chi connectivity index (χ2v) is 7.13. The predicted molar refractivity (Wildman–Crippen MR) is 80.7 cm³/mol. The highest BCUT2D eigenvalue weighted by Gasteiger charge is 2.46. The first-order chi connectivity index (χ1) is 10.0. The number of carbonyl (C=O) groups excluding carboxylic acids is 1. The SMILES string of the molecule is CC(=O)c1ccc(C2(C)CO2)nc1N1CCC2(CC1)CC2. The number of ketones is 1. The molecule has 2 saturated heterocycles. The molecule has 21 heavy (non-hydrogen) atoms. The fraction of sp³-hybridized carbons (Fsp3) is 0.647. The molecule has 1 aromatic heterocycles. The Morgan fingerprint density at radius 1 is 1.24 bits per heavy atom. The van der Waals surface area contributed by atoms with E-state index in [9.17, 15) is 4.79 Å². The van der Waals surface area contributed by atoms with Gasteiger partial charge in [0, 0.05) is 13.1 Å². The summed E-state index contributed by atoms with van der Waals surface area (Å²) >= 11 is 0. The van der Waals surface area contributed by atoms with Crippen molar-refractivity contribution in [3.8, 4) is 0 Å². The second kappa shape index (κ2) is 4.29. The summed E-state index contributed by atoms with van der Waals surface area (Å²) in [5.74, 6) is 0.963. The zero-order valence-corrected chi connectivity index (χ0v) is 12.8. The van der Waals surface area contributed by atoms with E-state index in [4.69, 9.17) is 9.72 Å². The first-order valence-corrected chi connectivity index (χ1v) is 7.93. The molecule has 3 aliphatic rings. The maximum atomic E-state index is 11.9. The summed E-state index contributed by atoms with van der Waals surface area (Å²) in [6.07, 6.45) is 5.26. The highest BCUT2D eigenvalue weighted by atomic mass is 16.6. The van der Waals surface area contributed by atoms with Crippen molar-refractivity contribution in [2.75, 3.05) is 24.6 Å². The van der Waals surface area contributed by atoms with E-state index in [0.717, 1.165) is 36.8 Å². The number of hydrogen-bond acceptors (Lipinski definition) is 4. The van der Waals surface area contributed by atoms with E-state index < -0.39 is 0 Å². The third-order valence-corrected chi connectivity index (χ3v) is 5.45. The van der Waals surface area contributed by atoms with Gasteiger partial charge >= 0.3 is 0 Å². The molecular weight excluding hydrogens is 264 g/mol. The number of ether oxygens (including phenoxy) is 1. The molecule has 0 bridgehead atoms. The summed E-state index contributed by atoms with van der Waals surface area (Å²) in [4.78, 5) is 19.0. The van der Waals surface area contributed by atoms with Gasteiger partial charge in [-0.2, -0.15) is 0 Å². The van der Waals surface area contributed by atoms with E-state index in [1.807, 2.05) is 12.1 Å². The van der Waals surface area contributed by atoms with Gasteiger partial charge in [-0.25, -0.2) is 4.98 Å². The number of epoxide rings is 1. The lowest BCUT2D eigenvalue weighted by molar-refractivity contribution is 0.101. The van der Waals surface area contributed by atoms with Crippen molar-refractivity contribution in [2.24, 2.45) is 5.41 Å². The van der Waals surface area contributed by atoms with Crippen LogP contribution < -0.4 is 4.90 Å². The molecule has 1 saturated carbocycles. The molecule has 1 spiro atoms. The summed E-state index contributed by atoms with van der Waals surface area (Å²) in [5.41, 5.74) is 2.09. The molecule has 0 aromatic carbocycles. The molecule has 0 amide bonds. The van der Waals surface area contributed by atoms with Crippen LogP contribution in [0, 0.1) is 5.41 Å².